The van der Waals surface area contributed by atoms with Crippen molar-refractivity contribution in [2.24, 2.45) is 0 Å². The van der Waals surface area contributed by atoms with Crippen molar-refractivity contribution in [2.45, 2.75) is 30.4 Å². The summed E-state index contributed by atoms with van der Waals surface area (Å²) < 4.78 is 14.3. The standard InChI is InChI=1S/C14H13BrClFN2S/c1-2-5-10-13(15)14(16)19-12(18-10)8-20-11-7-4-3-6-9(11)17/h3-4,6-7H,2,5,8H2,1H3. The molecule has 106 valence electrons. The van der Waals surface area contributed by atoms with Crippen LogP contribution in [0.1, 0.15) is 24.9 Å². The van der Waals surface area contributed by atoms with Crippen LogP contribution in [0.15, 0.2) is 33.6 Å². The minimum Gasteiger partial charge on any atom is -0.236 e. The first-order chi connectivity index (χ1) is 9.61. The first-order valence-electron chi connectivity index (χ1n) is 6.20. The third kappa shape index (κ3) is 3.93. The summed E-state index contributed by atoms with van der Waals surface area (Å²) in [6, 6.07) is 6.67. The number of nitrogens with zero attached hydrogens (tertiary/aromatic N) is 2. The summed E-state index contributed by atoms with van der Waals surface area (Å²) in [6.45, 7) is 2.08. The molecule has 20 heavy (non-hydrogen) atoms. The van der Waals surface area contributed by atoms with Crippen LogP contribution in [0.5, 0.6) is 0 Å². The average Bonchev–Trinajstić information content (AvgIpc) is 2.43. The number of halogens is 3. The first kappa shape index (κ1) is 15.7. The van der Waals surface area contributed by atoms with E-state index < -0.39 is 0 Å². The predicted octanol–water partition coefficient (Wildman–Crippen LogP) is 5.28. The van der Waals surface area contributed by atoms with Gasteiger partial charge in [0.2, 0.25) is 0 Å². The summed E-state index contributed by atoms with van der Waals surface area (Å²) in [7, 11) is 0. The van der Waals surface area contributed by atoms with Gasteiger partial charge in [0, 0.05) is 4.90 Å². The van der Waals surface area contributed by atoms with Crippen LogP contribution in [-0.4, -0.2) is 9.97 Å². The molecule has 0 aliphatic rings. The monoisotopic (exact) mass is 374 g/mol. The molecule has 0 fully saturated rings. The molecule has 2 rings (SSSR count). The van der Waals surface area contributed by atoms with Gasteiger partial charge in [0.15, 0.2) is 0 Å². The number of hydrogen-bond donors (Lipinski definition) is 0. The topological polar surface area (TPSA) is 25.8 Å². The molecule has 6 heteroatoms. The molecule has 0 aliphatic heterocycles. The molecule has 2 aromatic rings. The van der Waals surface area contributed by atoms with Crippen molar-refractivity contribution in [1.82, 2.24) is 9.97 Å². The van der Waals surface area contributed by atoms with Gasteiger partial charge in [-0.2, -0.15) is 0 Å². The second kappa shape index (κ2) is 7.38. The second-order valence-electron chi connectivity index (χ2n) is 4.16. The Bertz CT molecular complexity index is 610. The lowest BCUT2D eigenvalue weighted by atomic mass is 10.2. The molecule has 1 aromatic carbocycles. The van der Waals surface area contributed by atoms with E-state index in [1.807, 2.05) is 6.07 Å². The smallest absolute Gasteiger partial charge is 0.147 e. The summed E-state index contributed by atoms with van der Waals surface area (Å²) >= 11 is 10.9. The number of benzene rings is 1. The van der Waals surface area contributed by atoms with E-state index in [4.69, 9.17) is 11.6 Å². The van der Waals surface area contributed by atoms with E-state index in [0.717, 1.165) is 23.0 Å². The molecule has 0 bridgehead atoms. The number of rotatable bonds is 5. The van der Waals surface area contributed by atoms with Crippen LogP contribution in [0.2, 0.25) is 5.15 Å². The van der Waals surface area contributed by atoms with Gasteiger partial charge in [0.25, 0.3) is 0 Å². The molecule has 0 atom stereocenters. The highest BCUT2D eigenvalue weighted by Crippen LogP contribution is 2.28. The third-order valence-corrected chi connectivity index (χ3v) is 4.99. The fourth-order valence-electron chi connectivity index (χ4n) is 1.68. The number of aryl methyl sites for hydroxylation is 1. The van der Waals surface area contributed by atoms with Gasteiger partial charge in [-0.1, -0.05) is 37.1 Å². The van der Waals surface area contributed by atoms with Gasteiger partial charge in [-0.15, -0.1) is 11.8 Å². The van der Waals surface area contributed by atoms with Crippen molar-refractivity contribution in [1.29, 1.82) is 0 Å². The lowest BCUT2D eigenvalue weighted by molar-refractivity contribution is 0.602. The minimum atomic E-state index is -0.227. The molecular weight excluding hydrogens is 363 g/mol. The van der Waals surface area contributed by atoms with Gasteiger partial charge in [0.1, 0.15) is 16.8 Å². The van der Waals surface area contributed by atoms with Crippen LogP contribution >= 0.6 is 39.3 Å². The molecule has 0 amide bonds. The molecular formula is C14H13BrClFN2S. The van der Waals surface area contributed by atoms with Gasteiger partial charge < -0.3 is 0 Å². The van der Waals surface area contributed by atoms with Gasteiger partial charge in [0.05, 0.1) is 15.9 Å². The fourth-order valence-corrected chi connectivity index (χ4v) is 3.06. The Morgan fingerprint density at radius 1 is 1.30 bits per heavy atom. The summed E-state index contributed by atoms with van der Waals surface area (Å²) in [6.07, 6.45) is 1.81. The Kier molecular flexibility index (Phi) is 5.81. The van der Waals surface area contributed by atoms with Crippen LogP contribution in [0.4, 0.5) is 4.39 Å². The molecule has 1 heterocycles. The normalized spacial score (nSPS) is 10.8. The highest BCUT2D eigenvalue weighted by atomic mass is 79.9. The van der Waals surface area contributed by atoms with E-state index >= 15 is 0 Å². The quantitative estimate of drug-likeness (QED) is 0.525. The Balaban J connectivity index is 2.16. The SMILES string of the molecule is CCCc1nc(CSc2ccccc2F)nc(Cl)c1Br. The molecule has 2 nitrogen and oxygen atoms in total. The predicted molar refractivity (Wildman–Crippen MR) is 84.7 cm³/mol. The Labute approximate surface area is 135 Å². The van der Waals surface area contributed by atoms with Crippen molar-refractivity contribution >= 4 is 39.3 Å². The van der Waals surface area contributed by atoms with Crippen LogP contribution in [0, 0.1) is 5.82 Å². The van der Waals surface area contributed by atoms with Gasteiger partial charge >= 0.3 is 0 Å². The average molecular weight is 376 g/mol. The number of hydrogen-bond acceptors (Lipinski definition) is 3. The molecule has 1 aromatic heterocycles. The van der Waals surface area contributed by atoms with Crippen molar-refractivity contribution in [3.63, 3.8) is 0 Å². The summed E-state index contributed by atoms with van der Waals surface area (Å²) in [5.41, 5.74) is 0.900. The maximum absolute atomic E-state index is 13.5. The molecule has 0 saturated heterocycles. The second-order valence-corrected chi connectivity index (χ2v) is 6.33. The van der Waals surface area contributed by atoms with Crippen molar-refractivity contribution < 1.29 is 4.39 Å². The van der Waals surface area contributed by atoms with Crippen LogP contribution < -0.4 is 0 Å². The zero-order valence-electron chi connectivity index (χ0n) is 10.9. The van der Waals surface area contributed by atoms with E-state index in [9.17, 15) is 4.39 Å². The molecule has 0 aliphatic carbocycles. The van der Waals surface area contributed by atoms with E-state index in [-0.39, 0.29) is 5.82 Å². The van der Waals surface area contributed by atoms with Gasteiger partial charge in [-0.05, 0) is 34.5 Å². The van der Waals surface area contributed by atoms with E-state index in [1.54, 1.807) is 12.1 Å². The van der Waals surface area contributed by atoms with E-state index in [1.165, 1.54) is 17.8 Å². The van der Waals surface area contributed by atoms with Crippen LogP contribution in [-0.2, 0) is 12.2 Å². The zero-order valence-corrected chi connectivity index (χ0v) is 14.0. The van der Waals surface area contributed by atoms with E-state index in [0.29, 0.717) is 21.6 Å². The van der Waals surface area contributed by atoms with Crippen molar-refractivity contribution in [2.75, 3.05) is 0 Å². The summed E-state index contributed by atoms with van der Waals surface area (Å²) in [5.74, 6) is 0.884. The van der Waals surface area contributed by atoms with Crippen molar-refractivity contribution in [3.8, 4) is 0 Å². The highest BCUT2D eigenvalue weighted by molar-refractivity contribution is 9.10. The Morgan fingerprint density at radius 2 is 2.05 bits per heavy atom. The largest absolute Gasteiger partial charge is 0.236 e. The molecule has 0 spiro atoms. The number of thioether (sulfide) groups is 1. The maximum Gasteiger partial charge on any atom is 0.147 e. The van der Waals surface area contributed by atoms with E-state index in [2.05, 4.69) is 32.8 Å². The van der Waals surface area contributed by atoms with Crippen LogP contribution in [0.25, 0.3) is 0 Å². The molecule has 0 radical (unpaired) electrons. The highest BCUT2D eigenvalue weighted by Gasteiger charge is 2.11. The zero-order chi connectivity index (χ0) is 14.5. The van der Waals surface area contributed by atoms with Crippen LogP contribution in [0.3, 0.4) is 0 Å². The summed E-state index contributed by atoms with van der Waals surface area (Å²) in [4.78, 5) is 9.30. The fraction of sp³-hybridized carbons (Fsp3) is 0.286. The summed E-state index contributed by atoms with van der Waals surface area (Å²) in [5, 5.41) is 0.410. The first-order valence-corrected chi connectivity index (χ1v) is 8.35. The van der Waals surface area contributed by atoms with Gasteiger partial charge in [-0.25, -0.2) is 14.4 Å². The lowest BCUT2D eigenvalue weighted by Crippen LogP contribution is -2.01. The number of aromatic nitrogens is 2. The van der Waals surface area contributed by atoms with Crippen molar-refractivity contribution in [3.05, 3.63) is 51.2 Å². The van der Waals surface area contributed by atoms with Gasteiger partial charge in [-0.3, -0.25) is 0 Å². The molecule has 0 saturated carbocycles. The Morgan fingerprint density at radius 3 is 2.75 bits per heavy atom. The minimum absolute atomic E-state index is 0.227. The maximum atomic E-state index is 13.5. The molecule has 0 N–H and O–H groups in total. The lowest BCUT2D eigenvalue weighted by Gasteiger charge is -2.07. The Hall–Kier alpha value is -0.650. The third-order valence-electron chi connectivity index (χ3n) is 2.61. The molecule has 0 unspecified atom stereocenters.